The molecule has 3 aromatic carbocycles. The Bertz CT molecular complexity index is 1570. The average molecular weight is 641 g/mol. The number of alkyl carbamates (subject to hydrolysis) is 1. The summed E-state index contributed by atoms with van der Waals surface area (Å²) in [5.74, 6) is 1.03. The molecule has 4 N–H and O–H groups in total. The van der Waals surface area contributed by atoms with Crippen molar-refractivity contribution >= 4 is 40.3 Å². The fraction of sp³-hybridized carbons (Fsp3) is 0.421. The number of primary amides is 1. The highest BCUT2D eigenvalue weighted by Gasteiger charge is 2.37. The van der Waals surface area contributed by atoms with E-state index in [-0.39, 0.29) is 19.4 Å². The van der Waals surface area contributed by atoms with Gasteiger partial charge in [-0.2, -0.15) is 0 Å². The monoisotopic (exact) mass is 640 g/mol. The van der Waals surface area contributed by atoms with Crippen molar-refractivity contribution in [2.45, 2.75) is 96.7 Å². The molecule has 0 saturated heterocycles. The average Bonchev–Trinajstić information content (AvgIpc) is 3.02. The summed E-state index contributed by atoms with van der Waals surface area (Å²) in [4.78, 5) is 55.1. The molecule has 3 rings (SSSR count). The van der Waals surface area contributed by atoms with Gasteiger partial charge in [-0.15, -0.1) is 6.42 Å². The lowest BCUT2D eigenvalue weighted by Crippen LogP contribution is -2.53. The number of fused-ring (bicyclic) bond motifs is 1. The Balaban J connectivity index is 2.07. The molecule has 0 bridgehead atoms. The standard InChI is InChI=1S/C38H48N4O5/c1-6-8-9-10-11-16-25-42(36(45)32(23-24-33(39)43)41-37(46)47-38(3,4)5)34(31-20-15-14-17-27(31)7-2)35(44)40-30-22-21-28-18-12-13-19-29(28)26-30/h2,12-15,17-22,26,32,34H,6,8-11,16,23-25H2,1,3-5H3,(H2,39,43)(H,40,44)(H,41,46). The third-order valence-electron chi connectivity index (χ3n) is 7.69. The second-order valence-corrected chi connectivity index (χ2v) is 12.7. The Morgan fingerprint density at radius 1 is 0.915 bits per heavy atom. The van der Waals surface area contributed by atoms with E-state index in [2.05, 4.69) is 23.5 Å². The molecule has 2 unspecified atom stereocenters. The molecule has 4 amide bonds. The number of nitrogens with two attached hydrogens (primary N) is 1. The maximum atomic E-state index is 14.5. The van der Waals surface area contributed by atoms with Gasteiger partial charge in [-0.25, -0.2) is 4.79 Å². The van der Waals surface area contributed by atoms with Crippen molar-refractivity contribution < 1.29 is 23.9 Å². The first-order valence-corrected chi connectivity index (χ1v) is 16.4. The van der Waals surface area contributed by atoms with Gasteiger partial charge in [0.1, 0.15) is 17.7 Å². The minimum atomic E-state index is -1.19. The van der Waals surface area contributed by atoms with Crippen LogP contribution >= 0.6 is 0 Å². The van der Waals surface area contributed by atoms with Gasteiger partial charge in [0.15, 0.2) is 0 Å². The van der Waals surface area contributed by atoms with Crippen LogP contribution in [0.2, 0.25) is 0 Å². The summed E-state index contributed by atoms with van der Waals surface area (Å²) in [6.07, 6.45) is 10.6. The predicted molar refractivity (Wildman–Crippen MR) is 186 cm³/mol. The molecule has 0 aliphatic carbocycles. The molecule has 2 atom stereocenters. The highest BCUT2D eigenvalue weighted by Crippen LogP contribution is 2.29. The number of hydrogen-bond acceptors (Lipinski definition) is 5. The lowest BCUT2D eigenvalue weighted by atomic mass is 9.96. The van der Waals surface area contributed by atoms with Crippen LogP contribution in [0.5, 0.6) is 0 Å². The summed E-state index contributed by atoms with van der Waals surface area (Å²) in [5.41, 5.74) is 6.12. The quantitative estimate of drug-likeness (QED) is 0.116. The molecule has 0 radical (unpaired) electrons. The molecule has 0 saturated carbocycles. The lowest BCUT2D eigenvalue weighted by Gasteiger charge is -2.35. The van der Waals surface area contributed by atoms with Crippen LogP contribution < -0.4 is 16.4 Å². The first-order chi connectivity index (χ1) is 22.4. The number of anilines is 1. The smallest absolute Gasteiger partial charge is 0.408 e. The number of nitrogens with one attached hydrogen (secondary N) is 2. The van der Waals surface area contributed by atoms with Gasteiger partial charge >= 0.3 is 6.09 Å². The summed E-state index contributed by atoms with van der Waals surface area (Å²) in [7, 11) is 0. The number of unbranched alkanes of at least 4 members (excludes halogenated alkanes) is 5. The number of carbonyl (C=O) groups excluding carboxylic acids is 4. The first kappa shape index (κ1) is 36.6. The van der Waals surface area contributed by atoms with Gasteiger partial charge in [-0.3, -0.25) is 14.4 Å². The van der Waals surface area contributed by atoms with E-state index in [4.69, 9.17) is 16.9 Å². The Morgan fingerprint density at radius 2 is 1.57 bits per heavy atom. The molecular formula is C38H48N4O5. The van der Waals surface area contributed by atoms with Gasteiger partial charge in [0.05, 0.1) is 0 Å². The molecule has 0 aromatic heterocycles. The minimum Gasteiger partial charge on any atom is -0.444 e. The Kier molecular flexibility index (Phi) is 13.8. The molecule has 0 aliphatic heterocycles. The number of benzene rings is 3. The summed E-state index contributed by atoms with van der Waals surface area (Å²) in [5, 5.41) is 7.61. The molecule has 47 heavy (non-hydrogen) atoms. The molecule has 0 fully saturated rings. The molecule has 250 valence electrons. The van der Waals surface area contributed by atoms with Gasteiger partial charge in [0.2, 0.25) is 11.8 Å². The van der Waals surface area contributed by atoms with E-state index < -0.39 is 41.5 Å². The highest BCUT2D eigenvalue weighted by molar-refractivity contribution is 6.00. The fourth-order valence-electron chi connectivity index (χ4n) is 5.42. The van der Waals surface area contributed by atoms with Crippen molar-refractivity contribution in [1.82, 2.24) is 10.2 Å². The topological polar surface area (TPSA) is 131 Å². The minimum absolute atomic E-state index is 0.0732. The largest absolute Gasteiger partial charge is 0.444 e. The van der Waals surface area contributed by atoms with Crippen LogP contribution in [0.15, 0.2) is 66.7 Å². The number of ether oxygens (including phenoxy) is 1. The van der Waals surface area contributed by atoms with Crippen LogP contribution in [0, 0.1) is 12.3 Å². The summed E-state index contributed by atoms with van der Waals surface area (Å²) < 4.78 is 5.44. The van der Waals surface area contributed by atoms with E-state index in [0.29, 0.717) is 23.2 Å². The number of rotatable bonds is 16. The van der Waals surface area contributed by atoms with E-state index >= 15 is 0 Å². The van der Waals surface area contributed by atoms with E-state index in [9.17, 15) is 19.2 Å². The molecule has 9 nitrogen and oxygen atoms in total. The molecule has 0 spiro atoms. The second kappa shape index (κ2) is 17.7. The van der Waals surface area contributed by atoms with Crippen molar-refractivity contribution in [2.24, 2.45) is 5.73 Å². The van der Waals surface area contributed by atoms with Crippen molar-refractivity contribution in [3.05, 3.63) is 77.9 Å². The summed E-state index contributed by atoms with van der Waals surface area (Å²) >= 11 is 0. The Morgan fingerprint density at radius 3 is 2.26 bits per heavy atom. The van der Waals surface area contributed by atoms with Crippen molar-refractivity contribution in [2.75, 3.05) is 11.9 Å². The lowest BCUT2D eigenvalue weighted by molar-refractivity contribution is -0.141. The number of nitrogens with zero attached hydrogens (tertiary/aromatic N) is 1. The van der Waals surface area contributed by atoms with Crippen LogP contribution in [0.25, 0.3) is 10.8 Å². The molecule has 9 heteroatoms. The molecule has 0 aliphatic rings. The van der Waals surface area contributed by atoms with E-state index in [0.717, 1.165) is 42.9 Å². The van der Waals surface area contributed by atoms with E-state index in [1.165, 1.54) is 4.90 Å². The van der Waals surface area contributed by atoms with Gasteiger partial charge in [0, 0.05) is 24.2 Å². The summed E-state index contributed by atoms with van der Waals surface area (Å²) in [6, 6.07) is 18.1. The normalized spacial score (nSPS) is 12.4. The first-order valence-electron chi connectivity index (χ1n) is 16.4. The fourth-order valence-corrected chi connectivity index (χ4v) is 5.42. The van der Waals surface area contributed by atoms with Gasteiger partial charge in [-0.1, -0.05) is 93.5 Å². The number of carbonyl (C=O) groups is 4. The zero-order valence-corrected chi connectivity index (χ0v) is 28.0. The van der Waals surface area contributed by atoms with E-state index in [1.54, 1.807) is 45.0 Å². The van der Waals surface area contributed by atoms with Gasteiger partial charge in [0.25, 0.3) is 5.91 Å². The van der Waals surface area contributed by atoms with Crippen LogP contribution in [-0.2, 0) is 19.1 Å². The second-order valence-electron chi connectivity index (χ2n) is 12.7. The maximum absolute atomic E-state index is 14.5. The van der Waals surface area contributed by atoms with Crippen LogP contribution in [0.4, 0.5) is 10.5 Å². The van der Waals surface area contributed by atoms with Crippen molar-refractivity contribution in [3.8, 4) is 12.3 Å². The van der Waals surface area contributed by atoms with Gasteiger partial charge < -0.3 is 26.0 Å². The zero-order chi connectivity index (χ0) is 34.4. The third-order valence-corrected chi connectivity index (χ3v) is 7.69. The van der Waals surface area contributed by atoms with Crippen LogP contribution in [-0.4, -0.2) is 46.9 Å². The Hall–Kier alpha value is -4.84. The maximum Gasteiger partial charge on any atom is 0.408 e. The van der Waals surface area contributed by atoms with Crippen LogP contribution in [0.3, 0.4) is 0 Å². The van der Waals surface area contributed by atoms with Gasteiger partial charge in [-0.05, 0) is 68.1 Å². The van der Waals surface area contributed by atoms with Crippen molar-refractivity contribution in [1.29, 1.82) is 0 Å². The predicted octanol–water partition coefficient (Wildman–Crippen LogP) is 6.85. The zero-order valence-electron chi connectivity index (χ0n) is 28.0. The molecular weight excluding hydrogens is 592 g/mol. The SMILES string of the molecule is C#Cc1ccccc1C(C(=O)Nc1ccc2ccccc2c1)N(CCCCCCCC)C(=O)C(CCC(N)=O)NC(=O)OC(C)(C)C. The van der Waals surface area contributed by atoms with Crippen molar-refractivity contribution in [3.63, 3.8) is 0 Å². The van der Waals surface area contributed by atoms with E-state index in [1.807, 2.05) is 42.5 Å². The third kappa shape index (κ3) is 11.5. The van der Waals surface area contributed by atoms with Crippen LogP contribution in [0.1, 0.15) is 96.2 Å². The molecule has 0 heterocycles. The summed E-state index contributed by atoms with van der Waals surface area (Å²) in [6.45, 7) is 7.49. The molecule has 3 aromatic rings. The number of hydrogen-bond donors (Lipinski definition) is 3. The Labute approximate surface area is 278 Å². The number of terminal acetylenes is 1. The highest BCUT2D eigenvalue weighted by atomic mass is 16.6. The number of amides is 4.